The molecule has 0 radical (unpaired) electrons. The van der Waals surface area contributed by atoms with Crippen molar-refractivity contribution in [1.82, 2.24) is 13.7 Å². The summed E-state index contributed by atoms with van der Waals surface area (Å²) in [6.07, 6.45) is 0. The zero-order chi connectivity index (χ0) is 48.9. The summed E-state index contributed by atoms with van der Waals surface area (Å²) in [6.45, 7) is 13.9. The molecule has 0 aliphatic carbocycles. The quantitative estimate of drug-likeness (QED) is 0.112. The molecule has 0 aliphatic heterocycles. The largest absolute Gasteiger partial charge is 0.309 e. The fraction of sp³-hybridized carbons (Fsp3) is 0.118. The Morgan fingerprint density at radius 3 is 0.972 bits per heavy atom. The van der Waals surface area contributed by atoms with Crippen LogP contribution in [0.5, 0.6) is 0 Å². The van der Waals surface area contributed by atoms with Crippen molar-refractivity contribution >= 4 is 94.2 Å². The van der Waals surface area contributed by atoms with Crippen LogP contribution >= 0.6 is 0 Å². The maximum atomic E-state index is 2.52. The molecule has 3 heterocycles. The third kappa shape index (κ3) is 6.77. The van der Waals surface area contributed by atoms with E-state index in [0.717, 1.165) is 17.1 Å². The molecule has 0 unspecified atom stereocenters. The van der Waals surface area contributed by atoms with Crippen LogP contribution in [0, 0.1) is 0 Å². The molecule has 0 N–H and O–H groups in total. The summed E-state index contributed by atoms with van der Waals surface area (Å²) in [5.74, 6) is 0. The SMILES string of the molecule is CC(C)(C)c1ccc2c(c1)c1cc(C(C)(C)C)ccc1n2-c1ccc2c(c1)c1cc(-n3c4ccccc4c4ccccc43)ccc1n2-c1cccc([Si](c2ccccc2)(c2ccccc2)c2ccccc2)c1. The van der Waals surface area contributed by atoms with Gasteiger partial charge in [-0.05, 0) is 128 Å². The minimum absolute atomic E-state index is 0.0157. The van der Waals surface area contributed by atoms with E-state index in [1.165, 1.54) is 97.3 Å². The van der Waals surface area contributed by atoms with Crippen LogP contribution in [0.25, 0.3) is 82.5 Å². The number of nitrogens with zero attached hydrogens (tertiary/aromatic N) is 3. The predicted molar refractivity (Wildman–Crippen MR) is 310 cm³/mol. The van der Waals surface area contributed by atoms with E-state index in [-0.39, 0.29) is 10.8 Å². The van der Waals surface area contributed by atoms with E-state index in [1.807, 2.05) is 0 Å². The Hall–Kier alpha value is -8.18. The van der Waals surface area contributed by atoms with Gasteiger partial charge in [0.25, 0.3) is 0 Å². The second-order valence-corrected chi connectivity index (χ2v) is 25.6. The monoisotopic (exact) mass is 943 g/mol. The highest BCUT2D eigenvalue weighted by Crippen LogP contribution is 2.41. The fourth-order valence-corrected chi connectivity index (χ4v) is 16.7. The fourth-order valence-electron chi connectivity index (χ4n) is 11.9. The van der Waals surface area contributed by atoms with Gasteiger partial charge in [0.1, 0.15) is 0 Å². The highest BCUT2D eigenvalue weighted by molar-refractivity contribution is 7.19. The number of rotatable bonds is 7. The normalized spacial score (nSPS) is 12.6. The first-order valence-corrected chi connectivity index (χ1v) is 27.4. The molecular formula is C68H57N3Si. The Labute approximate surface area is 422 Å². The lowest BCUT2D eigenvalue weighted by molar-refractivity contribution is 0.590. The van der Waals surface area contributed by atoms with E-state index in [2.05, 4.69) is 292 Å². The summed E-state index contributed by atoms with van der Waals surface area (Å²) in [5, 5.41) is 12.9. The van der Waals surface area contributed by atoms with Crippen LogP contribution < -0.4 is 20.7 Å². The minimum atomic E-state index is -2.83. The first-order chi connectivity index (χ1) is 35.0. The van der Waals surface area contributed by atoms with Crippen molar-refractivity contribution in [3.63, 3.8) is 0 Å². The van der Waals surface area contributed by atoms with Crippen molar-refractivity contribution in [3.05, 3.63) is 248 Å². The molecule has 0 fully saturated rings. The van der Waals surface area contributed by atoms with Crippen LogP contribution in [0.3, 0.4) is 0 Å². The van der Waals surface area contributed by atoms with E-state index < -0.39 is 8.07 Å². The van der Waals surface area contributed by atoms with Gasteiger partial charge in [0.15, 0.2) is 8.07 Å². The number of hydrogen-bond donors (Lipinski definition) is 0. The lowest BCUT2D eigenvalue weighted by atomic mass is 9.85. The van der Waals surface area contributed by atoms with E-state index in [0.29, 0.717) is 0 Å². The smallest absolute Gasteiger partial charge is 0.179 e. The number of aromatic nitrogens is 3. The van der Waals surface area contributed by atoms with Crippen molar-refractivity contribution in [2.24, 2.45) is 0 Å². The lowest BCUT2D eigenvalue weighted by Crippen LogP contribution is -2.74. The molecule has 0 atom stereocenters. The molecule has 72 heavy (non-hydrogen) atoms. The predicted octanol–water partition coefficient (Wildman–Crippen LogP) is 15.0. The maximum Gasteiger partial charge on any atom is 0.179 e. The van der Waals surface area contributed by atoms with Crippen molar-refractivity contribution in [2.75, 3.05) is 0 Å². The van der Waals surface area contributed by atoms with Crippen molar-refractivity contribution in [2.45, 2.75) is 52.4 Å². The molecule has 0 spiro atoms. The average Bonchev–Trinajstić information content (AvgIpc) is 4.04. The highest BCUT2D eigenvalue weighted by atomic mass is 28.3. The Bertz CT molecular complexity index is 4000. The van der Waals surface area contributed by atoms with E-state index in [4.69, 9.17) is 0 Å². The molecule has 4 heteroatoms. The van der Waals surface area contributed by atoms with Crippen molar-refractivity contribution < 1.29 is 0 Å². The summed E-state index contributed by atoms with van der Waals surface area (Å²) >= 11 is 0. The second kappa shape index (κ2) is 16.4. The summed E-state index contributed by atoms with van der Waals surface area (Å²) in [7, 11) is -2.83. The van der Waals surface area contributed by atoms with Gasteiger partial charge in [0.05, 0.1) is 33.1 Å². The first-order valence-electron chi connectivity index (χ1n) is 25.4. The highest BCUT2D eigenvalue weighted by Gasteiger charge is 2.41. The van der Waals surface area contributed by atoms with Crippen LogP contribution in [-0.2, 0) is 10.8 Å². The molecule has 348 valence electrons. The van der Waals surface area contributed by atoms with Crippen molar-refractivity contribution in [3.8, 4) is 17.1 Å². The third-order valence-corrected chi connectivity index (χ3v) is 20.3. The molecule has 10 aromatic carbocycles. The molecular weight excluding hydrogens is 887 g/mol. The van der Waals surface area contributed by atoms with Gasteiger partial charge in [0, 0.05) is 49.4 Å². The molecule has 0 aliphatic rings. The molecule has 0 saturated carbocycles. The minimum Gasteiger partial charge on any atom is -0.309 e. The number of para-hydroxylation sites is 2. The van der Waals surface area contributed by atoms with E-state index in [9.17, 15) is 0 Å². The maximum absolute atomic E-state index is 2.83. The summed E-state index contributed by atoms with van der Waals surface area (Å²) < 4.78 is 7.47. The first kappa shape index (κ1) is 43.8. The number of benzene rings is 10. The van der Waals surface area contributed by atoms with Crippen LogP contribution in [0.1, 0.15) is 52.7 Å². The second-order valence-electron chi connectivity index (χ2n) is 21.8. The van der Waals surface area contributed by atoms with Gasteiger partial charge in [-0.3, -0.25) is 0 Å². The standard InChI is InChI=1S/C68H57N3Si/c1-67(2,3)46-33-37-63-57(41-46)58-42-47(68(4,5)6)34-38-64(58)71(63)50-36-40-66-60(45-50)59-44-49(70-61-31-18-16-29-55(61)56-30-17-19-32-62(56)70)35-39-65(59)69(66)48-21-20-28-54(43-48)72(51-22-10-7-11-23-51,52-24-12-8-13-25-52)53-26-14-9-15-27-53/h7-45H,1-6H3. The van der Waals surface area contributed by atoms with E-state index >= 15 is 0 Å². The van der Waals surface area contributed by atoms with Gasteiger partial charge in [-0.15, -0.1) is 0 Å². The van der Waals surface area contributed by atoms with Gasteiger partial charge in [-0.1, -0.05) is 193 Å². The van der Waals surface area contributed by atoms with Gasteiger partial charge >= 0.3 is 0 Å². The lowest BCUT2D eigenvalue weighted by Gasteiger charge is -2.34. The Kier molecular flexibility index (Phi) is 10.0. The number of fused-ring (bicyclic) bond motifs is 9. The zero-order valence-electron chi connectivity index (χ0n) is 41.9. The van der Waals surface area contributed by atoms with Gasteiger partial charge in [-0.2, -0.15) is 0 Å². The molecule has 0 saturated heterocycles. The molecule has 0 amide bonds. The zero-order valence-corrected chi connectivity index (χ0v) is 42.9. The number of hydrogen-bond acceptors (Lipinski definition) is 0. The molecule has 3 nitrogen and oxygen atoms in total. The van der Waals surface area contributed by atoms with Crippen LogP contribution in [0.2, 0.25) is 0 Å². The molecule has 3 aromatic heterocycles. The van der Waals surface area contributed by atoms with Gasteiger partial charge in [0.2, 0.25) is 0 Å². The van der Waals surface area contributed by atoms with Crippen LogP contribution in [0.4, 0.5) is 0 Å². The summed E-state index contributed by atoms with van der Waals surface area (Å²) in [6, 6.07) is 89.4. The van der Waals surface area contributed by atoms with Crippen LogP contribution in [0.15, 0.2) is 237 Å². The molecule has 13 rings (SSSR count). The summed E-state index contributed by atoms with van der Waals surface area (Å²) in [5.41, 5.74) is 13.3. The van der Waals surface area contributed by atoms with Gasteiger partial charge < -0.3 is 13.7 Å². The van der Waals surface area contributed by atoms with Crippen molar-refractivity contribution in [1.29, 1.82) is 0 Å². The topological polar surface area (TPSA) is 14.8 Å². The summed E-state index contributed by atoms with van der Waals surface area (Å²) in [4.78, 5) is 0. The Balaban J connectivity index is 1.10. The molecule has 13 aromatic rings. The molecule has 0 bridgehead atoms. The van der Waals surface area contributed by atoms with E-state index in [1.54, 1.807) is 0 Å². The Morgan fingerprint density at radius 2 is 0.569 bits per heavy atom. The van der Waals surface area contributed by atoms with Crippen LogP contribution in [-0.4, -0.2) is 21.8 Å². The van der Waals surface area contributed by atoms with Gasteiger partial charge in [-0.25, -0.2) is 0 Å². The third-order valence-electron chi connectivity index (χ3n) is 15.5. The average molecular weight is 944 g/mol. The Morgan fingerprint density at radius 1 is 0.250 bits per heavy atom.